The molecule has 2 saturated heterocycles. The molecule has 6 unspecified atom stereocenters. The van der Waals surface area contributed by atoms with Crippen molar-refractivity contribution in [1.82, 2.24) is 15.5 Å². The van der Waals surface area contributed by atoms with Crippen molar-refractivity contribution >= 4 is 35.2 Å². The van der Waals surface area contributed by atoms with Crippen LogP contribution in [0.25, 0.3) is 0 Å². The Kier molecular flexibility index (Phi) is 5.87. The summed E-state index contributed by atoms with van der Waals surface area (Å²) in [6.07, 6.45) is 4.53. The summed E-state index contributed by atoms with van der Waals surface area (Å²) in [5.74, 6) is -0.453. The van der Waals surface area contributed by atoms with Gasteiger partial charge in [0.2, 0.25) is 5.91 Å². The van der Waals surface area contributed by atoms with Crippen LogP contribution in [0.2, 0.25) is 5.02 Å². The molecule has 0 bridgehead atoms. The summed E-state index contributed by atoms with van der Waals surface area (Å²) in [4.78, 5) is 56.5. The SMILES string of the molecule is CCOC1C[C@]12OC(=O)C1C[C@@]12NC1C(=O)C12CCCN2C(=O)C1(NC(=O)c2cccc(OCC3CC3)c2Cl)C(C)C1(C)C. The van der Waals surface area contributed by atoms with Crippen molar-refractivity contribution in [3.63, 3.8) is 0 Å². The first-order valence-electron chi connectivity index (χ1n) is 16.1. The van der Waals surface area contributed by atoms with Gasteiger partial charge in [-0.2, -0.15) is 0 Å². The number of ether oxygens (including phenoxy) is 3. The molecule has 236 valence electrons. The van der Waals surface area contributed by atoms with Crippen LogP contribution in [0.5, 0.6) is 5.75 Å². The Morgan fingerprint density at radius 3 is 2.59 bits per heavy atom. The zero-order chi connectivity index (χ0) is 31.0. The number of halogens is 1. The number of nitrogens with one attached hydrogen (secondary N) is 2. The van der Waals surface area contributed by atoms with Gasteiger partial charge in [-0.25, -0.2) is 0 Å². The van der Waals surface area contributed by atoms with Crippen LogP contribution >= 0.6 is 11.6 Å². The molecule has 5 saturated carbocycles. The highest BCUT2D eigenvalue weighted by molar-refractivity contribution is 6.35. The normalized spacial score (nSPS) is 41.9. The first-order valence-corrected chi connectivity index (χ1v) is 16.5. The fourth-order valence-electron chi connectivity index (χ4n) is 8.84. The van der Waals surface area contributed by atoms with Gasteiger partial charge in [0.1, 0.15) is 29.0 Å². The van der Waals surface area contributed by atoms with Gasteiger partial charge in [0.05, 0.1) is 28.6 Å². The van der Waals surface area contributed by atoms with Crippen LogP contribution in [0, 0.1) is 23.2 Å². The number of hydrogen-bond acceptors (Lipinski definition) is 8. The molecule has 2 heterocycles. The lowest BCUT2D eigenvalue weighted by Gasteiger charge is -2.32. The number of carbonyl (C=O) groups excluding carboxylic acids is 4. The lowest BCUT2D eigenvalue weighted by Crippen LogP contribution is -2.58. The minimum Gasteiger partial charge on any atom is -0.492 e. The standard InChI is InChI=1S/C33H40ClN3O7/c1-5-42-22-15-32(22)31(14-20(31)27(40)44-32)35-24-25(38)30(24)12-7-13-37(30)28(41)33(17(2)29(33,3)4)36-26(39)19-8-6-9-21(23(19)34)43-16-18-10-11-18/h6,8-9,17-18,20,22,24,35H,5,7,10-16H2,1-4H3,(H,36,39)/t17?,20?,22?,24?,30?,31-,32+,33?/m1/s1. The number of Topliss-reactive ketones (excluding diaryl/α,β-unsaturated/α-hetero) is 1. The van der Waals surface area contributed by atoms with Crippen LogP contribution < -0.4 is 15.4 Å². The number of fused-ring (bicyclic) bond motifs is 2. The van der Waals surface area contributed by atoms with E-state index in [1.54, 1.807) is 23.1 Å². The molecule has 10 nitrogen and oxygen atoms in total. The van der Waals surface area contributed by atoms with Crippen molar-refractivity contribution in [2.75, 3.05) is 19.8 Å². The van der Waals surface area contributed by atoms with E-state index in [2.05, 4.69) is 10.6 Å². The Balaban J connectivity index is 1.04. The van der Waals surface area contributed by atoms with Gasteiger partial charge in [-0.15, -0.1) is 0 Å². The summed E-state index contributed by atoms with van der Waals surface area (Å²) in [5.41, 5.74) is -3.86. The van der Waals surface area contributed by atoms with Crippen LogP contribution in [0.4, 0.5) is 0 Å². The zero-order valence-corrected chi connectivity index (χ0v) is 26.4. The van der Waals surface area contributed by atoms with E-state index >= 15 is 0 Å². The van der Waals surface area contributed by atoms with Crippen molar-refractivity contribution in [2.24, 2.45) is 23.2 Å². The lowest BCUT2D eigenvalue weighted by molar-refractivity contribution is -0.149. The molecule has 0 aromatic heterocycles. The van der Waals surface area contributed by atoms with Gasteiger partial charge in [-0.05, 0) is 63.0 Å². The fourth-order valence-corrected chi connectivity index (χ4v) is 9.11. The molecule has 0 radical (unpaired) electrons. The number of ketones is 1. The Bertz CT molecular complexity index is 1510. The smallest absolute Gasteiger partial charge is 0.311 e. The second-order valence-corrected chi connectivity index (χ2v) is 15.1. The second-order valence-electron chi connectivity index (χ2n) is 14.7. The third-order valence-electron chi connectivity index (χ3n) is 12.3. The largest absolute Gasteiger partial charge is 0.492 e. The third-order valence-corrected chi connectivity index (χ3v) is 12.7. The molecule has 44 heavy (non-hydrogen) atoms. The molecule has 8 rings (SSSR count). The van der Waals surface area contributed by atoms with Gasteiger partial charge >= 0.3 is 5.97 Å². The molecule has 2 aliphatic heterocycles. The number of benzene rings is 1. The van der Waals surface area contributed by atoms with Crippen LogP contribution in [0.15, 0.2) is 18.2 Å². The summed E-state index contributed by atoms with van der Waals surface area (Å²) < 4.78 is 17.6. The number of likely N-dealkylation sites (tertiary alicyclic amines) is 1. The van der Waals surface area contributed by atoms with Gasteiger partial charge in [-0.1, -0.05) is 38.4 Å². The molecule has 2 N–H and O–H groups in total. The maximum Gasteiger partial charge on any atom is 0.311 e. The maximum absolute atomic E-state index is 14.6. The molecule has 2 amide bonds. The number of rotatable bonds is 10. The van der Waals surface area contributed by atoms with E-state index in [1.165, 1.54) is 0 Å². The van der Waals surface area contributed by atoms with E-state index in [1.807, 2.05) is 27.7 Å². The average molecular weight is 626 g/mol. The van der Waals surface area contributed by atoms with E-state index < -0.39 is 39.6 Å². The molecule has 1 aromatic carbocycles. The average Bonchev–Trinajstić information content (AvgIpc) is 3.90. The van der Waals surface area contributed by atoms with Gasteiger partial charge < -0.3 is 24.4 Å². The second kappa shape index (κ2) is 8.97. The van der Waals surface area contributed by atoms with Crippen LogP contribution in [-0.4, -0.2) is 82.6 Å². The van der Waals surface area contributed by atoms with Crippen molar-refractivity contribution in [3.05, 3.63) is 28.8 Å². The summed E-state index contributed by atoms with van der Waals surface area (Å²) >= 11 is 6.65. The highest BCUT2D eigenvalue weighted by atomic mass is 35.5. The van der Waals surface area contributed by atoms with Crippen molar-refractivity contribution in [2.45, 2.75) is 101 Å². The predicted octanol–water partition coefficient (Wildman–Crippen LogP) is 3.04. The zero-order valence-electron chi connectivity index (χ0n) is 25.7. The van der Waals surface area contributed by atoms with Crippen LogP contribution in [0.3, 0.4) is 0 Å². The Morgan fingerprint density at radius 2 is 1.93 bits per heavy atom. The van der Waals surface area contributed by atoms with E-state index in [4.69, 9.17) is 25.8 Å². The van der Waals surface area contributed by atoms with Crippen molar-refractivity contribution < 1.29 is 33.4 Å². The fraction of sp³-hybridized carbons (Fsp3) is 0.697. The third kappa shape index (κ3) is 3.50. The first kappa shape index (κ1) is 28.8. The van der Waals surface area contributed by atoms with Crippen molar-refractivity contribution in [3.8, 4) is 5.75 Å². The Labute approximate surface area is 261 Å². The quantitative estimate of drug-likeness (QED) is 0.381. The summed E-state index contributed by atoms with van der Waals surface area (Å²) in [7, 11) is 0. The van der Waals surface area contributed by atoms with Crippen LogP contribution in [0.1, 0.15) is 76.6 Å². The van der Waals surface area contributed by atoms with E-state index in [9.17, 15) is 19.2 Å². The Hall–Kier alpha value is -2.69. The highest BCUT2D eigenvalue weighted by Crippen LogP contribution is 2.70. The van der Waals surface area contributed by atoms with Crippen LogP contribution in [-0.2, 0) is 23.9 Å². The molecule has 8 atom stereocenters. The van der Waals surface area contributed by atoms with Gasteiger partial charge in [-0.3, -0.25) is 24.5 Å². The molecule has 2 spiro atoms. The maximum atomic E-state index is 14.6. The predicted molar refractivity (Wildman–Crippen MR) is 158 cm³/mol. The van der Waals surface area contributed by atoms with Crippen molar-refractivity contribution in [1.29, 1.82) is 0 Å². The molecule has 7 fully saturated rings. The van der Waals surface area contributed by atoms with E-state index in [0.29, 0.717) is 57.1 Å². The minimum absolute atomic E-state index is 0.0392. The highest BCUT2D eigenvalue weighted by Gasteiger charge is 2.89. The first-order chi connectivity index (χ1) is 20.9. The van der Waals surface area contributed by atoms with Gasteiger partial charge in [0.25, 0.3) is 5.91 Å². The molecular weight excluding hydrogens is 586 g/mol. The summed E-state index contributed by atoms with van der Waals surface area (Å²) in [6.45, 7) is 9.32. The number of carbonyl (C=O) groups is 4. The number of amides is 2. The van der Waals surface area contributed by atoms with E-state index in [0.717, 1.165) is 12.8 Å². The molecule has 7 aliphatic rings. The molecule has 1 aromatic rings. The lowest BCUT2D eigenvalue weighted by atomic mass is 10.0. The number of nitrogens with zero attached hydrogens (tertiary/aromatic N) is 1. The van der Waals surface area contributed by atoms with Gasteiger partial charge in [0, 0.05) is 25.0 Å². The number of hydrogen-bond donors (Lipinski definition) is 2. The molecule has 11 heteroatoms. The molecule has 5 aliphatic carbocycles. The Morgan fingerprint density at radius 1 is 1.18 bits per heavy atom. The van der Waals surface area contributed by atoms with Gasteiger partial charge in [0.15, 0.2) is 11.4 Å². The minimum atomic E-state index is -1.20. The monoisotopic (exact) mass is 625 g/mol. The molecular formula is C33H40ClN3O7. The number of esters is 1. The summed E-state index contributed by atoms with van der Waals surface area (Å²) in [6, 6.07) is 4.54. The van der Waals surface area contributed by atoms with E-state index in [-0.39, 0.29) is 46.2 Å². The summed E-state index contributed by atoms with van der Waals surface area (Å²) in [5, 5.41) is 6.88. The topological polar surface area (TPSA) is 123 Å².